The Labute approximate surface area is 228 Å². The van der Waals surface area contributed by atoms with E-state index in [1.54, 1.807) is 26.2 Å². The molecule has 13 heteroatoms. The average Bonchev–Trinajstić information content (AvgIpc) is 3.45. The molecule has 2 aromatic heterocycles. The number of sulfonamides is 1. The van der Waals surface area contributed by atoms with Crippen LogP contribution in [0.4, 0.5) is 28.9 Å². The highest BCUT2D eigenvalue weighted by atomic mass is 32.2. The van der Waals surface area contributed by atoms with Gasteiger partial charge in [0, 0.05) is 37.4 Å². The average molecular weight is 573 g/mol. The second kappa shape index (κ2) is 11.6. The van der Waals surface area contributed by atoms with Crippen molar-refractivity contribution in [2.45, 2.75) is 19.1 Å². The van der Waals surface area contributed by atoms with Crippen molar-refractivity contribution in [2.24, 2.45) is 14.1 Å². The molecule has 3 N–H and O–H groups in total. The molecule has 8 nitrogen and oxygen atoms in total. The number of halogens is 4. The molecule has 0 saturated heterocycles. The van der Waals surface area contributed by atoms with Crippen LogP contribution in [0.2, 0.25) is 0 Å². The molecule has 40 heavy (non-hydrogen) atoms. The summed E-state index contributed by atoms with van der Waals surface area (Å²) in [7, 11) is -0.612. The van der Waals surface area contributed by atoms with Crippen LogP contribution in [0.25, 0.3) is 22.5 Å². The SMILES string of the molecule is CC(C)S(=O)(=O)Nc1cc(F)c(-c2ccc(C#N)n2C)cc1F.Cn1c(C#N)ccc1-c1cc(F)c(N)cc1F. The van der Waals surface area contributed by atoms with Gasteiger partial charge < -0.3 is 14.9 Å². The fraction of sp³-hybridized carbons (Fsp3) is 0.185. The van der Waals surface area contributed by atoms with Gasteiger partial charge in [-0.2, -0.15) is 10.5 Å². The second-order valence-electron chi connectivity index (χ2n) is 8.91. The van der Waals surface area contributed by atoms with E-state index < -0.39 is 44.2 Å². The van der Waals surface area contributed by atoms with Crippen molar-refractivity contribution in [3.63, 3.8) is 0 Å². The van der Waals surface area contributed by atoms with Crippen LogP contribution in [-0.2, 0) is 24.1 Å². The maximum Gasteiger partial charge on any atom is 0.235 e. The van der Waals surface area contributed by atoms with Crippen LogP contribution >= 0.6 is 0 Å². The standard InChI is InChI=1S/C15H15F2N3O2S.C12H9F2N3/c1-9(2)23(21,22)19-14-7-12(16)11(6-13(14)17)15-5-4-10(8-18)20(15)3;1-17-7(6-15)2-3-12(17)8-4-10(14)11(16)5-9(8)13/h4-7,9,19H,1-3H3;2-5H,16H2,1H3. The fourth-order valence-corrected chi connectivity index (χ4v) is 4.34. The molecule has 208 valence electrons. The van der Waals surface area contributed by atoms with Crippen LogP contribution in [0.5, 0.6) is 0 Å². The first-order valence-corrected chi connectivity index (χ1v) is 13.1. The maximum atomic E-state index is 14.3. The topological polar surface area (TPSA) is 130 Å². The molecule has 0 aliphatic heterocycles. The molecule has 0 spiro atoms. The summed E-state index contributed by atoms with van der Waals surface area (Å²) in [5, 5.41) is 16.9. The Kier molecular flexibility index (Phi) is 8.61. The van der Waals surface area contributed by atoms with E-state index in [4.69, 9.17) is 16.3 Å². The Morgan fingerprint density at radius 2 is 1.23 bits per heavy atom. The summed E-state index contributed by atoms with van der Waals surface area (Å²) in [5.41, 5.74) is 6.02. The van der Waals surface area contributed by atoms with Crippen LogP contribution < -0.4 is 10.5 Å². The number of nitrogens with one attached hydrogen (secondary N) is 1. The van der Waals surface area contributed by atoms with Crippen LogP contribution in [0.15, 0.2) is 48.5 Å². The predicted octanol–water partition coefficient (Wildman–Crippen LogP) is 5.42. The summed E-state index contributed by atoms with van der Waals surface area (Å²) in [6, 6.07) is 13.6. The minimum atomic E-state index is -3.78. The van der Waals surface area contributed by atoms with Crippen LogP contribution in [0, 0.1) is 45.9 Å². The van der Waals surface area contributed by atoms with Crippen molar-refractivity contribution in [2.75, 3.05) is 10.5 Å². The Morgan fingerprint density at radius 1 is 0.775 bits per heavy atom. The first-order chi connectivity index (χ1) is 18.7. The summed E-state index contributed by atoms with van der Waals surface area (Å²) in [6.45, 7) is 2.86. The monoisotopic (exact) mass is 572 g/mol. The van der Waals surface area contributed by atoms with E-state index >= 15 is 0 Å². The number of benzene rings is 2. The molecule has 0 unspecified atom stereocenters. The van der Waals surface area contributed by atoms with Gasteiger partial charge in [-0.1, -0.05) is 0 Å². The van der Waals surface area contributed by atoms with E-state index in [0.29, 0.717) is 22.8 Å². The van der Waals surface area contributed by atoms with E-state index in [2.05, 4.69) is 0 Å². The number of anilines is 2. The van der Waals surface area contributed by atoms with Gasteiger partial charge in [-0.05, 0) is 50.2 Å². The summed E-state index contributed by atoms with van der Waals surface area (Å²) in [4.78, 5) is 0. The lowest BCUT2D eigenvalue weighted by atomic mass is 10.1. The Hall–Kier alpha value is -4.75. The van der Waals surface area contributed by atoms with E-state index in [9.17, 15) is 26.0 Å². The van der Waals surface area contributed by atoms with Crippen molar-refractivity contribution in [3.8, 4) is 34.7 Å². The minimum Gasteiger partial charge on any atom is -0.396 e. The van der Waals surface area contributed by atoms with Gasteiger partial charge in [0.2, 0.25) is 10.0 Å². The molecule has 0 atom stereocenters. The first kappa shape index (κ1) is 29.8. The molecular formula is C27H24F4N6O2S. The Balaban J connectivity index is 0.000000230. The Bertz CT molecular complexity index is 1780. The van der Waals surface area contributed by atoms with Crippen molar-refractivity contribution < 1.29 is 26.0 Å². The second-order valence-corrected chi connectivity index (χ2v) is 11.1. The summed E-state index contributed by atoms with van der Waals surface area (Å²) >= 11 is 0. The molecule has 0 aliphatic carbocycles. The van der Waals surface area contributed by atoms with Crippen molar-refractivity contribution in [1.29, 1.82) is 10.5 Å². The smallest absolute Gasteiger partial charge is 0.235 e. The van der Waals surface area contributed by atoms with Gasteiger partial charge in [0.1, 0.15) is 46.8 Å². The third kappa shape index (κ3) is 5.95. The van der Waals surface area contributed by atoms with Crippen LogP contribution in [-0.4, -0.2) is 22.8 Å². The number of nitriles is 2. The third-order valence-corrected chi connectivity index (χ3v) is 7.79. The van der Waals surface area contributed by atoms with Crippen molar-refractivity contribution in [1.82, 2.24) is 9.13 Å². The maximum absolute atomic E-state index is 14.3. The number of hydrogen-bond donors (Lipinski definition) is 2. The van der Waals surface area contributed by atoms with Gasteiger partial charge in [-0.15, -0.1) is 0 Å². The van der Waals surface area contributed by atoms with Gasteiger partial charge in [-0.3, -0.25) is 4.72 Å². The molecule has 2 aromatic carbocycles. The van der Waals surface area contributed by atoms with Gasteiger partial charge in [0.15, 0.2) is 0 Å². The summed E-state index contributed by atoms with van der Waals surface area (Å²) < 4.78 is 83.9. The molecule has 0 radical (unpaired) electrons. The third-order valence-electron chi connectivity index (χ3n) is 6.04. The molecule has 0 amide bonds. The lowest BCUT2D eigenvalue weighted by Crippen LogP contribution is -2.23. The largest absolute Gasteiger partial charge is 0.396 e. The fourth-order valence-electron chi connectivity index (χ4n) is 3.64. The predicted molar refractivity (Wildman–Crippen MR) is 143 cm³/mol. The van der Waals surface area contributed by atoms with E-state index in [1.807, 2.05) is 16.9 Å². The highest BCUT2D eigenvalue weighted by Gasteiger charge is 2.21. The number of nitrogens with zero attached hydrogens (tertiary/aromatic N) is 4. The zero-order valence-corrected chi connectivity index (χ0v) is 22.6. The number of hydrogen-bond acceptors (Lipinski definition) is 5. The zero-order valence-electron chi connectivity index (χ0n) is 21.8. The Morgan fingerprint density at radius 3 is 1.65 bits per heavy atom. The molecule has 0 fully saturated rings. The molecule has 0 saturated carbocycles. The first-order valence-electron chi connectivity index (χ1n) is 11.6. The molecular weight excluding hydrogens is 548 g/mol. The highest BCUT2D eigenvalue weighted by Crippen LogP contribution is 2.30. The number of rotatable bonds is 5. The molecule has 2 heterocycles. The lowest BCUT2D eigenvalue weighted by molar-refractivity contribution is 0.588. The molecule has 4 aromatic rings. The van der Waals surface area contributed by atoms with Crippen molar-refractivity contribution >= 4 is 21.4 Å². The summed E-state index contributed by atoms with van der Waals surface area (Å²) in [5.74, 6) is -2.99. The van der Waals surface area contributed by atoms with Crippen molar-refractivity contribution in [3.05, 3.63) is 83.2 Å². The zero-order chi connectivity index (χ0) is 29.9. The van der Waals surface area contributed by atoms with Gasteiger partial charge in [0.05, 0.1) is 28.0 Å². The summed E-state index contributed by atoms with van der Waals surface area (Å²) in [6.07, 6.45) is 0. The van der Waals surface area contributed by atoms with E-state index in [1.165, 1.54) is 35.1 Å². The van der Waals surface area contributed by atoms with Gasteiger partial charge in [-0.25, -0.2) is 26.0 Å². The minimum absolute atomic E-state index is 0.0565. The number of nitrogens with two attached hydrogens (primary N) is 1. The van der Waals surface area contributed by atoms with Gasteiger partial charge in [0.25, 0.3) is 0 Å². The van der Waals surface area contributed by atoms with Gasteiger partial charge >= 0.3 is 0 Å². The van der Waals surface area contributed by atoms with E-state index in [-0.39, 0.29) is 16.8 Å². The van der Waals surface area contributed by atoms with Crippen LogP contribution in [0.3, 0.4) is 0 Å². The quantitative estimate of drug-likeness (QED) is 0.244. The number of aromatic nitrogens is 2. The normalized spacial score (nSPS) is 11.0. The molecule has 0 bridgehead atoms. The number of nitrogen functional groups attached to an aromatic ring is 1. The van der Waals surface area contributed by atoms with Crippen LogP contribution in [0.1, 0.15) is 25.2 Å². The highest BCUT2D eigenvalue weighted by molar-refractivity contribution is 7.93. The lowest BCUT2D eigenvalue weighted by Gasteiger charge is -2.13. The molecule has 0 aliphatic rings. The van der Waals surface area contributed by atoms with E-state index in [0.717, 1.165) is 24.3 Å². The molecule has 4 rings (SSSR count).